The largest absolute Gasteiger partial charge is 0.486 e. The lowest BCUT2D eigenvalue weighted by Crippen LogP contribution is -2.36. The Morgan fingerprint density at radius 3 is 2.67 bits per heavy atom. The van der Waals surface area contributed by atoms with E-state index in [2.05, 4.69) is 5.32 Å². The van der Waals surface area contributed by atoms with Gasteiger partial charge in [0.15, 0.2) is 11.6 Å². The van der Waals surface area contributed by atoms with Gasteiger partial charge in [0.1, 0.15) is 11.9 Å². The van der Waals surface area contributed by atoms with Gasteiger partial charge in [0.25, 0.3) is 0 Å². The summed E-state index contributed by atoms with van der Waals surface area (Å²) in [6.45, 7) is 4.69. The van der Waals surface area contributed by atoms with Crippen molar-refractivity contribution in [3.8, 4) is 5.75 Å². The molecule has 0 radical (unpaired) electrons. The molecule has 1 N–H and O–H groups in total. The van der Waals surface area contributed by atoms with Crippen molar-refractivity contribution >= 4 is 0 Å². The molecule has 1 aromatic rings. The Morgan fingerprint density at radius 1 is 1.33 bits per heavy atom. The van der Waals surface area contributed by atoms with Crippen LogP contribution >= 0.6 is 0 Å². The SMILES string of the molecule is CC(C)C(CNC1CC1)Oc1cc(F)ccc1F. The predicted molar refractivity (Wildman–Crippen MR) is 66.6 cm³/mol. The van der Waals surface area contributed by atoms with Gasteiger partial charge >= 0.3 is 0 Å². The fraction of sp³-hybridized carbons (Fsp3) is 0.571. The summed E-state index contributed by atoms with van der Waals surface area (Å²) in [5.74, 6) is -0.775. The molecule has 1 fully saturated rings. The zero-order valence-corrected chi connectivity index (χ0v) is 10.7. The van der Waals surface area contributed by atoms with Crippen LogP contribution in [0.3, 0.4) is 0 Å². The second kappa shape index (κ2) is 5.65. The second-order valence-electron chi connectivity index (χ2n) is 5.16. The molecule has 0 saturated heterocycles. The van der Waals surface area contributed by atoms with Crippen molar-refractivity contribution in [1.82, 2.24) is 5.32 Å². The minimum atomic E-state index is -0.520. The van der Waals surface area contributed by atoms with Gasteiger partial charge in [-0.15, -0.1) is 0 Å². The van der Waals surface area contributed by atoms with E-state index >= 15 is 0 Å². The third-order valence-corrected chi connectivity index (χ3v) is 3.10. The first kappa shape index (κ1) is 13.3. The highest BCUT2D eigenvalue weighted by Crippen LogP contribution is 2.23. The molecule has 100 valence electrons. The van der Waals surface area contributed by atoms with E-state index in [1.807, 2.05) is 13.8 Å². The minimum absolute atomic E-state index is 0.00806. The summed E-state index contributed by atoms with van der Waals surface area (Å²) in [5, 5.41) is 3.35. The molecule has 0 aliphatic heterocycles. The zero-order valence-electron chi connectivity index (χ0n) is 10.7. The maximum absolute atomic E-state index is 13.5. The molecule has 2 nitrogen and oxygen atoms in total. The van der Waals surface area contributed by atoms with Gasteiger partial charge in [-0.2, -0.15) is 0 Å². The highest BCUT2D eigenvalue weighted by atomic mass is 19.1. The Balaban J connectivity index is 1.99. The maximum atomic E-state index is 13.5. The van der Waals surface area contributed by atoms with Gasteiger partial charge in [0, 0.05) is 18.7 Å². The molecule has 1 atom stereocenters. The van der Waals surface area contributed by atoms with E-state index in [-0.39, 0.29) is 17.8 Å². The number of hydrogen-bond donors (Lipinski definition) is 1. The van der Waals surface area contributed by atoms with E-state index in [4.69, 9.17) is 4.74 Å². The fourth-order valence-corrected chi connectivity index (χ4v) is 1.71. The molecule has 18 heavy (non-hydrogen) atoms. The van der Waals surface area contributed by atoms with Gasteiger partial charge < -0.3 is 10.1 Å². The third-order valence-electron chi connectivity index (χ3n) is 3.10. The third kappa shape index (κ3) is 3.67. The van der Waals surface area contributed by atoms with E-state index in [1.165, 1.54) is 12.8 Å². The van der Waals surface area contributed by atoms with Gasteiger partial charge in [0.2, 0.25) is 0 Å². The molecule has 4 heteroatoms. The highest BCUT2D eigenvalue weighted by molar-refractivity contribution is 5.25. The average molecular weight is 255 g/mol. The van der Waals surface area contributed by atoms with E-state index in [0.717, 1.165) is 18.2 Å². The quantitative estimate of drug-likeness (QED) is 0.843. The van der Waals surface area contributed by atoms with Crippen LogP contribution in [0.1, 0.15) is 26.7 Å². The zero-order chi connectivity index (χ0) is 13.1. The van der Waals surface area contributed by atoms with Crippen molar-refractivity contribution < 1.29 is 13.5 Å². The van der Waals surface area contributed by atoms with Crippen LogP contribution in [0.25, 0.3) is 0 Å². The number of benzene rings is 1. The molecule has 1 aliphatic carbocycles. The first-order valence-electron chi connectivity index (χ1n) is 6.41. The van der Waals surface area contributed by atoms with Crippen molar-refractivity contribution in [3.05, 3.63) is 29.8 Å². The molecule has 1 aliphatic rings. The average Bonchev–Trinajstić information content (AvgIpc) is 3.12. The van der Waals surface area contributed by atoms with Crippen LogP contribution in [0.15, 0.2) is 18.2 Å². The Kier molecular flexibility index (Phi) is 4.17. The molecule has 0 heterocycles. The van der Waals surface area contributed by atoms with Gasteiger partial charge in [-0.25, -0.2) is 8.78 Å². The molecular weight excluding hydrogens is 236 g/mol. The Morgan fingerprint density at radius 2 is 2.06 bits per heavy atom. The van der Waals surface area contributed by atoms with Gasteiger partial charge in [-0.1, -0.05) is 13.8 Å². The van der Waals surface area contributed by atoms with Crippen molar-refractivity contribution in [2.75, 3.05) is 6.54 Å². The molecule has 1 unspecified atom stereocenters. The van der Waals surface area contributed by atoms with Crippen LogP contribution < -0.4 is 10.1 Å². The first-order chi connectivity index (χ1) is 8.56. The molecule has 2 rings (SSSR count). The molecule has 0 spiro atoms. The topological polar surface area (TPSA) is 21.3 Å². The van der Waals surface area contributed by atoms with Crippen LogP contribution in [0.4, 0.5) is 8.78 Å². The Hall–Kier alpha value is -1.16. The van der Waals surface area contributed by atoms with E-state index < -0.39 is 11.6 Å². The van der Waals surface area contributed by atoms with E-state index in [9.17, 15) is 8.78 Å². The van der Waals surface area contributed by atoms with Crippen molar-refractivity contribution in [2.45, 2.75) is 38.8 Å². The molecule has 0 aromatic heterocycles. The van der Waals surface area contributed by atoms with Gasteiger partial charge in [-0.3, -0.25) is 0 Å². The molecule has 1 aromatic carbocycles. The number of ether oxygens (including phenoxy) is 1. The van der Waals surface area contributed by atoms with Crippen LogP contribution in [-0.4, -0.2) is 18.7 Å². The first-order valence-corrected chi connectivity index (χ1v) is 6.41. The smallest absolute Gasteiger partial charge is 0.165 e. The summed E-state index contributed by atoms with van der Waals surface area (Å²) in [6, 6.07) is 3.86. The van der Waals surface area contributed by atoms with E-state index in [0.29, 0.717) is 12.6 Å². The summed E-state index contributed by atoms with van der Waals surface area (Å²) in [4.78, 5) is 0. The number of halogens is 2. The van der Waals surface area contributed by atoms with Crippen LogP contribution in [0.5, 0.6) is 5.75 Å². The highest BCUT2D eigenvalue weighted by Gasteiger charge is 2.24. The molecule has 0 bridgehead atoms. The lowest BCUT2D eigenvalue weighted by Gasteiger charge is -2.23. The van der Waals surface area contributed by atoms with Crippen LogP contribution in [0.2, 0.25) is 0 Å². The standard InChI is InChI=1S/C14H19F2NO/c1-9(2)14(8-17-11-4-5-11)18-13-7-10(15)3-6-12(13)16/h3,6-7,9,11,14,17H,4-5,8H2,1-2H3. The van der Waals surface area contributed by atoms with Crippen LogP contribution in [-0.2, 0) is 0 Å². The number of nitrogens with one attached hydrogen (secondary N) is 1. The fourth-order valence-electron chi connectivity index (χ4n) is 1.71. The predicted octanol–water partition coefficient (Wildman–Crippen LogP) is 3.12. The lowest BCUT2D eigenvalue weighted by atomic mass is 10.1. The number of hydrogen-bond acceptors (Lipinski definition) is 2. The van der Waals surface area contributed by atoms with Crippen molar-refractivity contribution in [3.63, 3.8) is 0 Å². The summed E-state index contributed by atoms with van der Waals surface area (Å²) >= 11 is 0. The molecular formula is C14H19F2NO. The summed E-state index contributed by atoms with van der Waals surface area (Å²) in [7, 11) is 0. The second-order valence-corrected chi connectivity index (χ2v) is 5.16. The summed E-state index contributed by atoms with van der Waals surface area (Å²) in [5.41, 5.74) is 0. The Bertz CT molecular complexity index is 405. The van der Waals surface area contributed by atoms with Crippen LogP contribution in [0, 0.1) is 17.6 Å². The monoisotopic (exact) mass is 255 g/mol. The van der Waals surface area contributed by atoms with Crippen molar-refractivity contribution in [1.29, 1.82) is 0 Å². The summed E-state index contributed by atoms with van der Waals surface area (Å²) in [6.07, 6.45) is 2.24. The van der Waals surface area contributed by atoms with Gasteiger partial charge in [0.05, 0.1) is 0 Å². The number of rotatable bonds is 6. The lowest BCUT2D eigenvalue weighted by molar-refractivity contribution is 0.142. The molecule has 0 amide bonds. The minimum Gasteiger partial charge on any atom is -0.486 e. The molecule has 1 saturated carbocycles. The van der Waals surface area contributed by atoms with Gasteiger partial charge in [-0.05, 0) is 30.9 Å². The maximum Gasteiger partial charge on any atom is 0.165 e. The summed E-state index contributed by atoms with van der Waals surface area (Å²) < 4.78 is 32.1. The van der Waals surface area contributed by atoms with Crippen molar-refractivity contribution in [2.24, 2.45) is 5.92 Å². The Labute approximate surface area is 106 Å². The van der Waals surface area contributed by atoms with E-state index in [1.54, 1.807) is 0 Å². The normalized spacial score (nSPS) is 16.9.